The molecule has 0 radical (unpaired) electrons. The van der Waals surface area contributed by atoms with Crippen molar-refractivity contribution in [1.82, 2.24) is 15.0 Å². The highest BCUT2D eigenvalue weighted by molar-refractivity contribution is 5.70. The van der Waals surface area contributed by atoms with E-state index in [4.69, 9.17) is 10.8 Å². The molecule has 1 heterocycles. The van der Waals surface area contributed by atoms with Crippen LogP contribution in [0.15, 0.2) is 6.20 Å². The molecule has 1 aliphatic rings. The van der Waals surface area contributed by atoms with Crippen LogP contribution in [0.4, 0.5) is 5.82 Å². The molecular formula is C8H12N4O2. The van der Waals surface area contributed by atoms with E-state index in [9.17, 15) is 4.79 Å². The molecule has 0 aliphatic heterocycles. The molecule has 1 aliphatic carbocycles. The van der Waals surface area contributed by atoms with Gasteiger partial charge in [0, 0.05) is 0 Å². The van der Waals surface area contributed by atoms with Gasteiger partial charge in [0.1, 0.15) is 0 Å². The van der Waals surface area contributed by atoms with Crippen molar-refractivity contribution in [2.75, 3.05) is 5.73 Å². The largest absolute Gasteiger partial charge is 0.481 e. The molecule has 6 heteroatoms. The van der Waals surface area contributed by atoms with Gasteiger partial charge in [-0.1, -0.05) is 0 Å². The number of hydrogen-bond donors (Lipinski definition) is 2. The Bertz CT molecular complexity index is 349. The summed E-state index contributed by atoms with van der Waals surface area (Å²) in [5.74, 6) is -0.608. The van der Waals surface area contributed by atoms with Crippen molar-refractivity contribution in [3.05, 3.63) is 6.20 Å². The molecule has 1 aromatic rings. The molecule has 3 N–H and O–H groups in total. The molecule has 0 spiro atoms. The second-order valence-corrected chi connectivity index (χ2v) is 3.59. The van der Waals surface area contributed by atoms with Crippen molar-refractivity contribution in [2.24, 2.45) is 5.92 Å². The van der Waals surface area contributed by atoms with Crippen molar-refractivity contribution in [3.63, 3.8) is 0 Å². The van der Waals surface area contributed by atoms with Crippen LogP contribution in [-0.4, -0.2) is 26.1 Å². The maximum atomic E-state index is 10.7. The number of anilines is 1. The maximum Gasteiger partial charge on any atom is 0.306 e. The number of nitrogens with two attached hydrogens (primary N) is 1. The molecule has 1 saturated carbocycles. The first-order valence-electron chi connectivity index (χ1n) is 4.57. The summed E-state index contributed by atoms with van der Waals surface area (Å²) in [5.41, 5.74) is 5.43. The first-order valence-corrected chi connectivity index (χ1v) is 4.57. The lowest BCUT2D eigenvalue weighted by Crippen LogP contribution is -2.13. The lowest BCUT2D eigenvalue weighted by atomic mass is 10.1. The van der Waals surface area contributed by atoms with E-state index >= 15 is 0 Å². The van der Waals surface area contributed by atoms with E-state index in [0.717, 1.165) is 6.42 Å². The number of aliphatic carboxylic acids is 1. The van der Waals surface area contributed by atoms with E-state index in [1.54, 1.807) is 0 Å². The first-order chi connectivity index (χ1) is 6.66. The molecule has 0 saturated heterocycles. The number of carboxylic acid groups (broad SMARTS) is 1. The van der Waals surface area contributed by atoms with Gasteiger partial charge in [0.25, 0.3) is 0 Å². The third-order valence-electron chi connectivity index (χ3n) is 2.61. The van der Waals surface area contributed by atoms with Crippen LogP contribution in [0.5, 0.6) is 0 Å². The molecule has 2 rings (SSSR count). The number of nitrogens with zero attached hydrogens (tertiary/aromatic N) is 3. The molecule has 0 amide bonds. The van der Waals surface area contributed by atoms with E-state index in [0.29, 0.717) is 18.7 Å². The Morgan fingerprint density at radius 2 is 2.43 bits per heavy atom. The van der Waals surface area contributed by atoms with E-state index in [1.165, 1.54) is 11.0 Å². The molecule has 14 heavy (non-hydrogen) atoms. The van der Waals surface area contributed by atoms with Crippen molar-refractivity contribution in [3.8, 4) is 0 Å². The number of carboxylic acids is 1. The Morgan fingerprint density at radius 1 is 1.64 bits per heavy atom. The normalized spacial score (nSPS) is 26.6. The van der Waals surface area contributed by atoms with Gasteiger partial charge in [0.15, 0.2) is 5.82 Å². The second-order valence-electron chi connectivity index (χ2n) is 3.59. The molecule has 0 bridgehead atoms. The van der Waals surface area contributed by atoms with Gasteiger partial charge < -0.3 is 10.8 Å². The fourth-order valence-corrected chi connectivity index (χ4v) is 1.86. The summed E-state index contributed by atoms with van der Waals surface area (Å²) in [7, 11) is 0. The molecule has 2 unspecified atom stereocenters. The number of aromatic nitrogens is 3. The number of carbonyl (C=O) groups is 1. The highest BCUT2D eigenvalue weighted by Gasteiger charge is 2.31. The topological polar surface area (TPSA) is 94.0 Å². The van der Waals surface area contributed by atoms with Crippen molar-refractivity contribution in [1.29, 1.82) is 0 Å². The standard InChI is InChI=1S/C8H12N4O2/c9-7-4-10-12(11-7)6-2-1-5(3-6)8(13)14/h4-6H,1-3H2,(H2,9,11)(H,13,14). The summed E-state index contributed by atoms with van der Waals surface area (Å²) in [4.78, 5) is 12.2. The van der Waals surface area contributed by atoms with Crippen molar-refractivity contribution >= 4 is 11.8 Å². The lowest BCUT2D eigenvalue weighted by Gasteiger charge is -2.07. The fraction of sp³-hybridized carbons (Fsp3) is 0.625. The maximum absolute atomic E-state index is 10.7. The zero-order valence-electron chi connectivity index (χ0n) is 7.63. The fourth-order valence-electron chi connectivity index (χ4n) is 1.86. The summed E-state index contributed by atoms with van der Waals surface area (Å²) in [5, 5.41) is 16.8. The van der Waals surface area contributed by atoms with Crippen LogP contribution in [0.25, 0.3) is 0 Å². The highest BCUT2D eigenvalue weighted by atomic mass is 16.4. The van der Waals surface area contributed by atoms with Gasteiger partial charge in [-0.15, -0.1) is 5.10 Å². The van der Waals surface area contributed by atoms with Crippen LogP contribution in [0.1, 0.15) is 25.3 Å². The molecule has 1 fully saturated rings. The monoisotopic (exact) mass is 196 g/mol. The van der Waals surface area contributed by atoms with Gasteiger partial charge in [0.05, 0.1) is 18.2 Å². The summed E-state index contributed by atoms with van der Waals surface area (Å²) >= 11 is 0. The van der Waals surface area contributed by atoms with Crippen LogP contribution in [-0.2, 0) is 4.79 Å². The third-order valence-corrected chi connectivity index (χ3v) is 2.61. The summed E-state index contributed by atoms with van der Waals surface area (Å²) < 4.78 is 0. The van der Waals surface area contributed by atoms with Crippen LogP contribution in [0.2, 0.25) is 0 Å². The van der Waals surface area contributed by atoms with Gasteiger partial charge in [0.2, 0.25) is 0 Å². The molecule has 2 atom stereocenters. The SMILES string of the molecule is Nc1cnn(C2CCC(C(=O)O)C2)n1. The minimum Gasteiger partial charge on any atom is -0.481 e. The third kappa shape index (κ3) is 1.55. The minimum atomic E-state index is -0.729. The number of rotatable bonds is 2. The van der Waals surface area contributed by atoms with Crippen LogP contribution >= 0.6 is 0 Å². The zero-order valence-corrected chi connectivity index (χ0v) is 7.63. The van der Waals surface area contributed by atoms with Crippen LogP contribution in [0, 0.1) is 5.92 Å². The Morgan fingerprint density at radius 3 is 2.93 bits per heavy atom. The quantitative estimate of drug-likeness (QED) is 0.708. The molecule has 0 aromatic carbocycles. The highest BCUT2D eigenvalue weighted by Crippen LogP contribution is 2.33. The van der Waals surface area contributed by atoms with E-state index in [2.05, 4.69) is 10.2 Å². The zero-order chi connectivity index (χ0) is 10.1. The molecule has 6 nitrogen and oxygen atoms in total. The minimum absolute atomic E-state index is 0.0911. The van der Waals surface area contributed by atoms with Crippen LogP contribution < -0.4 is 5.73 Å². The van der Waals surface area contributed by atoms with Gasteiger partial charge in [-0.2, -0.15) is 9.90 Å². The second kappa shape index (κ2) is 3.28. The van der Waals surface area contributed by atoms with Gasteiger partial charge in [-0.05, 0) is 19.3 Å². The van der Waals surface area contributed by atoms with E-state index < -0.39 is 5.97 Å². The smallest absolute Gasteiger partial charge is 0.306 e. The molecule has 76 valence electrons. The van der Waals surface area contributed by atoms with E-state index in [-0.39, 0.29) is 12.0 Å². The van der Waals surface area contributed by atoms with Gasteiger partial charge >= 0.3 is 5.97 Å². The Balaban J connectivity index is 2.05. The summed E-state index contributed by atoms with van der Waals surface area (Å²) in [6.45, 7) is 0. The van der Waals surface area contributed by atoms with Crippen LogP contribution in [0.3, 0.4) is 0 Å². The molecular weight excluding hydrogens is 184 g/mol. The Hall–Kier alpha value is -1.59. The van der Waals surface area contributed by atoms with Gasteiger partial charge in [-0.3, -0.25) is 4.79 Å². The molecule has 1 aromatic heterocycles. The predicted molar refractivity (Wildman–Crippen MR) is 48.4 cm³/mol. The van der Waals surface area contributed by atoms with Gasteiger partial charge in [-0.25, -0.2) is 0 Å². The average Bonchev–Trinajstić information content (AvgIpc) is 2.70. The predicted octanol–water partition coefficient (Wildman–Crippen LogP) is 0.286. The average molecular weight is 196 g/mol. The Kier molecular flexibility index (Phi) is 2.11. The first kappa shape index (κ1) is 8.98. The van der Waals surface area contributed by atoms with Crippen molar-refractivity contribution in [2.45, 2.75) is 25.3 Å². The van der Waals surface area contributed by atoms with E-state index in [1.807, 2.05) is 0 Å². The summed E-state index contributed by atoms with van der Waals surface area (Å²) in [6.07, 6.45) is 3.59. The Labute approximate surface area is 80.7 Å². The lowest BCUT2D eigenvalue weighted by molar-refractivity contribution is -0.141. The number of hydrogen-bond acceptors (Lipinski definition) is 4. The summed E-state index contributed by atoms with van der Waals surface area (Å²) in [6, 6.07) is 0.0911. The van der Waals surface area contributed by atoms with Crippen molar-refractivity contribution < 1.29 is 9.90 Å². The number of nitrogen functional groups attached to an aromatic ring is 1.